The quantitative estimate of drug-likeness (QED) is 0.305. The maximum atomic E-state index is 14.1. The molecule has 0 saturated carbocycles. The van der Waals surface area contributed by atoms with Gasteiger partial charge in [0.25, 0.3) is 0 Å². The summed E-state index contributed by atoms with van der Waals surface area (Å²) >= 11 is 0. The summed E-state index contributed by atoms with van der Waals surface area (Å²) in [6, 6.07) is -0.800. The molecule has 0 aromatic rings. The van der Waals surface area contributed by atoms with E-state index >= 15 is 0 Å². The highest BCUT2D eigenvalue weighted by Gasteiger charge is 2.51. The van der Waals surface area contributed by atoms with Crippen molar-refractivity contribution in [2.45, 2.75) is 141 Å². The molecule has 0 aromatic carbocycles. The minimum Gasteiger partial charge on any atom is -0.459 e. The van der Waals surface area contributed by atoms with Crippen LogP contribution in [0.3, 0.4) is 0 Å². The summed E-state index contributed by atoms with van der Waals surface area (Å²) in [4.78, 5) is 56.4. The van der Waals surface area contributed by atoms with E-state index in [2.05, 4.69) is 5.32 Å². The highest BCUT2D eigenvalue weighted by molar-refractivity contribution is 6.00. The lowest BCUT2D eigenvalue weighted by atomic mass is 9.72. The van der Waals surface area contributed by atoms with Crippen molar-refractivity contribution in [1.82, 2.24) is 10.2 Å². The van der Waals surface area contributed by atoms with Gasteiger partial charge < -0.3 is 39.4 Å². The molecule has 3 N–H and O–H groups in total. The maximum absolute atomic E-state index is 14.1. The van der Waals surface area contributed by atoms with Crippen molar-refractivity contribution in [2.75, 3.05) is 20.7 Å². The highest BCUT2D eigenvalue weighted by atomic mass is 16.7. The molecule has 1 amide bonds. The van der Waals surface area contributed by atoms with Gasteiger partial charge in [-0.1, -0.05) is 20.8 Å². The van der Waals surface area contributed by atoms with Crippen LogP contribution in [-0.2, 0) is 38.1 Å². The van der Waals surface area contributed by atoms with E-state index in [0.29, 0.717) is 6.42 Å². The summed E-state index contributed by atoms with van der Waals surface area (Å²) in [6.45, 7) is 13.1. The Balaban J connectivity index is 2.19. The van der Waals surface area contributed by atoms with Gasteiger partial charge in [0.1, 0.15) is 30.3 Å². The first kappa shape index (κ1) is 37.5. The van der Waals surface area contributed by atoms with Crippen molar-refractivity contribution in [1.29, 1.82) is 0 Å². The summed E-state index contributed by atoms with van der Waals surface area (Å²) in [6.07, 6.45) is -3.56. The fourth-order valence-corrected chi connectivity index (χ4v) is 7.50. The van der Waals surface area contributed by atoms with Gasteiger partial charge in [-0.2, -0.15) is 0 Å². The zero-order valence-corrected chi connectivity index (χ0v) is 28.7. The Kier molecular flexibility index (Phi) is 12.4. The summed E-state index contributed by atoms with van der Waals surface area (Å²) in [5, 5.41) is 26.2. The number of nitrogens with one attached hydrogen (secondary N) is 1. The van der Waals surface area contributed by atoms with Crippen LogP contribution in [0.1, 0.15) is 87.5 Å². The lowest BCUT2D eigenvalue weighted by molar-refractivity contribution is -0.296. The molecule has 4 heterocycles. The number of hydrogen-bond acceptors (Lipinski definition) is 11. The molecule has 0 aliphatic carbocycles. The molecule has 12 nitrogen and oxygen atoms in total. The highest BCUT2D eigenvalue weighted by Crippen LogP contribution is 2.39. The molecule has 0 aromatic heterocycles. The zero-order valence-electron chi connectivity index (χ0n) is 28.7. The van der Waals surface area contributed by atoms with Gasteiger partial charge in [-0.3, -0.25) is 19.2 Å². The summed E-state index contributed by atoms with van der Waals surface area (Å²) < 4.78 is 24.8. The number of amides is 1. The Hall–Kier alpha value is -1.96. The second kappa shape index (κ2) is 14.9. The zero-order chi connectivity index (χ0) is 34.0. The second-order valence-corrected chi connectivity index (χ2v) is 14.3. The molecule has 4 fully saturated rings. The van der Waals surface area contributed by atoms with E-state index in [-0.39, 0.29) is 56.1 Å². The second-order valence-electron chi connectivity index (χ2n) is 14.3. The van der Waals surface area contributed by atoms with Gasteiger partial charge in [-0.25, -0.2) is 0 Å². The summed E-state index contributed by atoms with van der Waals surface area (Å²) in [5.41, 5.74) is -3.03. The van der Waals surface area contributed by atoms with Crippen LogP contribution in [0.15, 0.2) is 0 Å². The fourth-order valence-electron chi connectivity index (χ4n) is 7.50. The number of aliphatic hydroxyl groups is 2. The SMILES string of the molecule is CC[C@H]1OC(=O)[C@H](C)C(=O)[C@H](C)[C@@H](O[C@@H]2O[C@H](C)C[C@H](N(C)C)[C@H]2O)[C@@]2(C)C[C@@H](C)NC(=O)[C@H](C)[C@@H](CCC(=O)CO2)[C@]1(C)O. The van der Waals surface area contributed by atoms with Gasteiger partial charge in [0, 0.05) is 36.3 Å². The molecule has 45 heavy (non-hydrogen) atoms. The number of esters is 1. The number of likely N-dealkylation sites (N-methyl/N-ethyl adjacent to an activating group) is 1. The molecule has 12 heteroatoms. The number of rotatable bonds is 4. The topological polar surface area (TPSA) is 161 Å². The lowest BCUT2D eigenvalue weighted by Gasteiger charge is -2.47. The number of hydrogen-bond donors (Lipinski definition) is 3. The number of Topliss-reactive ketones (excluding diaryl/α,β-unsaturated/α-hetero) is 2. The first-order chi connectivity index (χ1) is 20.8. The standard InChI is InChI=1S/C33H56N2O10/c1-11-25-33(8,41)23-13-12-22(36)16-42-32(7,15-17(2)34-29(39)19(23)4)28(20(5)26(37)21(6)30(40)44-25)45-31-27(38)24(35(9)10)14-18(3)43-31/h17-21,23-25,27-28,31,38,41H,11-16H2,1-10H3,(H,34,39)/t17-,18-,19-,20+,21-,23-,24+,25-,27-,28-,31+,32-,33+/m1/s1. The lowest BCUT2D eigenvalue weighted by Crippen LogP contribution is -2.60. The van der Waals surface area contributed by atoms with Gasteiger partial charge in [-0.05, 0) is 74.4 Å². The maximum Gasteiger partial charge on any atom is 0.316 e. The number of carbonyl (C=O) groups is 4. The van der Waals surface area contributed by atoms with E-state index in [1.165, 1.54) is 13.8 Å². The van der Waals surface area contributed by atoms with Crippen LogP contribution in [0.4, 0.5) is 0 Å². The van der Waals surface area contributed by atoms with Crippen molar-refractivity contribution in [3.8, 4) is 0 Å². The number of ether oxygens (including phenoxy) is 4. The number of nitrogens with zero attached hydrogens (tertiary/aromatic N) is 1. The van der Waals surface area contributed by atoms with Gasteiger partial charge in [-0.15, -0.1) is 0 Å². The Morgan fingerprint density at radius 2 is 1.69 bits per heavy atom. The Labute approximate surface area is 267 Å². The Morgan fingerprint density at radius 3 is 2.29 bits per heavy atom. The normalized spacial score (nSPS) is 44.7. The molecule has 4 rings (SSSR count). The number of aliphatic hydroxyl groups excluding tert-OH is 1. The summed E-state index contributed by atoms with van der Waals surface area (Å²) in [5.74, 6) is -5.57. The third kappa shape index (κ3) is 8.31. The third-order valence-corrected chi connectivity index (χ3v) is 10.3. The largest absolute Gasteiger partial charge is 0.459 e. The van der Waals surface area contributed by atoms with E-state index in [0.717, 1.165) is 0 Å². The molecular weight excluding hydrogens is 584 g/mol. The van der Waals surface area contributed by atoms with E-state index < -0.39 is 77.3 Å². The van der Waals surface area contributed by atoms with Crippen LogP contribution in [0, 0.1) is 23.7 Å². The van der Waals surface area contributed by atoms with E-state index in [9.17, 15) is 29.4 Å². The first-order valence-corrected chi connectivity index (χ1v) is 16.4. The van der Waals surface area contributed by atoms with Gasteiger partial charge in [0.05, 0.1) is 17.8 Å². The average molecular weight is 641 g/mol. The van der Waals surface area contributed by atoms with Gasteiger partial charge >= 0.3 is 5.97 Å². The van der Waals surface area contributed by atoms with E-state index in [1.807, 2.05) is 25.9 Å². The fraction of sp³-hybridized carbons (Fsp3) is 0.879. The van der Waals surface area contributed by atoms with Crippen molar-refractivity contribution in [2.24, 2.45) is 23.7 Å². The number of ketones is 2. The number of carbonyl (C=O) groups excluding carboxylic acids is 4. The van der Waals surface area contributed by atoms with Crippen molar-refractivity contribution in [3.63, 3.8) is 0 Å². The molecule has 2 bridgehead atoms. The van der Waals surface area contributed by atoms with Gasteiger partial charge in [0.2, 0.25) is 5.91 Å². The molecule has 13 atom stereocenters. The van der Waals surface area contributed by atoms with Gasteiger partial charge in [0.15, 0.2) is 17.9 Å². The predicted molar refractivity (Wildman–Crippen MR) is 165 cm³/mol. The van der Waals surface area contributed by atoms with Crippen LogP contribution < -0.4 is 5.32 Å². The molecule has 258 valence electrons. The minimum atomic E-state index is -1.68. The smallest absolute Gasteiger partial charge is 0.316 e. The number of fused-ring (bicyclic) bond motifs is 15. The van der Waals surface area contributed by atoms with Crippen LogP contribution in [-0.4, -0.2) is 113 Å². The minimum absolute atomic E-state index is 0.0113. The van der Waals surface area contributed by atoms with Crippen LogP contribution >= 0.6 is 0 Å². The van der Waals surface area contributed by atoms with Crippen molar-refractivity contribution >= 4 is 23.4 Å². The molecular formula is C33H56N2O10. The molecule has 4 aliphatic rings. The monoisotopic (exact) mass is 640 g/mol. The van der Waals surface area contributed by atoms with E-state index in [1.54, 1.807) is 34.6 Å². The average Bonchev–Trinajstić information content (AvgIpc) is 2.96. The van der Waals surface area contributed by atoms with Crippen molar-refractivity contribution < 1.29 is 48.3 Å². The van der Waals surface area contributed by atoms with Crippen LogP contribution in [0.25, 0.3) is 0 Å². The van der Waals surface area contributed by atoms with Crippen LogP contribution in [0.2, 0.25) is 0 Å². The Bertz CT molecular complexity index is 1080. The molecule has 4 saturated heterocycles. The Morgan fingerprint density at radius 1 is 1.04 bits per heavy atom. The molecule has 0 unspecified atom stereocenters. The first-order valence-electron chi connectivity index (χ1n) is 16.4. The van der Waals surface area contributed by atoms with Crippen molar-refractivity contribution in [3.05, 3.63) is 0 Å². The molecule has 0 spiro atoms. The third-order valence-electron chi connectivity index (χ3n) is 10.3. The summed E-state index contributed by atoms with van der Waals surface area (Å²) in [7, 11) is 3.71. The molecule has 4 aliphatic heterocycles. The van der Waals surface area contributed by atoms with E-state index in [4.69, 9.17) is 18.9 Å². The predicted octanol–water partition coefficient (Wildman–Crippen LogP) is 2.01. The van der Waals surface area contributed by atoms with Crippen LogP contribution in [0.5, 0.6) is 0 Å². The molecule has 0 radical (unpaired) electrons.